The number of fused-ring (bicyclic) bond motifs is 1. The molecule has 3 aromatic carbocycles. The molecular formula is C27H27OSiZr-. The molecule has 0 radical (unpaired) electrons. The summed E-state index contributed by atoms with van der Waals surface area (Å²) in [6.07, 6.45) is 0. The molecule has 3 heteroatoms. The van der Waals surface area contributed by atoms with E-state index in [1.54, 1.807) is 10.8 Å². The van der Waals surface area contributed by atoms with Gasteiger partial charge >= 0.3 is 0 Å². The average Bonchev–Trinajstić information content (AvgIpc) is 3.36. The Labute approximate surface area is 199 Å². The van der Waals surface area contributed by atoms with Crippen LogP contribution in [0.3, 0.4) is 0 Å². The van der Waals surface area contributed by atoms with Gasteiger partial charge in [0, 0.05) is 37.3 Å². The van der Waals surface area contributed by atoms with Gasteiger partial charge in [0.05, 0.1) is 8.07 Å². The molecular weight excluding hydrogens is 460 g/mol. The van der Waals surface area contributed by atoms with Crippen LogP contribution >= 0.6 is 0 Å². The fourth-order valence-electron chi connectivity index (χ4n) is 5.55. The van der Waals surface area contributed by atoms with Gasteiger partial charge in [-0.05, 0) is 30.7 Å². The number of benzene rings is 2. The molecule has 1 aromatic heterocycles. The molecule has 1 atom stereocenters. The molecule has 4 aromatic rings. The third kappa shape index (κ3) is 3.18. The summed E-state index contributed by atoms with van der Waals surface area (Å²) in [7, 11) is -1.10. The Kier molecular flexibility index (Phi) is 5.49. The van der Waals surface area contributed by atoms with Gasteiger partial charge in [-0.15, -0.1) is 34.5 Å². The van der Waals surface area contributed by atoms with Crippen LogP contribution in [0, 0.1) is 13.8 Å². The molecule has 0 saturated carbocycles. The summed E-state index contributed by atoms with van der Waals surface area (Å²) in [6, 6.07) is 23.8. The summed E-state index contributed by atoms with van der Waals surface area (Å²) in [5.74, 6) is 2.31. The van der Waals surface area contributed by atoms with Crippen molar-refractivity contribution in [3.8, 4) is 11.1 Å². The molecule has 1 unspecified atom stereocenters. The molecule has 1 aliphatic carbocycles. The van der Waals surface area contributed by atoms with Crippen molar-refractivity contribution in [3.05, 3.63) is 95.0 Å². The fourth-order valence-corrected chi connectivity index (χ4v) is 9.77. The van der Waals surface area contributed by atoms with E-state index in [2.05, 4.69) is 93.7 Å². The van der Waals surface area contributed by atoms with Gasteiger partial charge < -0.3 is 4.42 Å². The summed E-state index contributed by atoms with van der Waals surface area (Å²) < 4.78 is 5.76. The zero-order chi connectivity index (χ0) is 20.3. The number of furan rings is 1. The summed E-state index contributed by atoms with van der Waals surface area (Å²) in [5.41, 5.74) is 7.80. The van der Waals surface area contributed by atoms with Gasteiger partial charge in [0.25, 0.3) is 0 Å². The molecule has 1 nitrogen and oxygen atoms in total. The first kappa shape index (κ1) is 21.4. The van der Waals surface area contributed by atoms with Crippen molar-refractivity contribution in [2.24, 2.45) is 0 Å². The van der Waals surface area contributed by atoms with Crippen LogP contribution in [-0.4, -0.2) is 8.07 Å². The van der Waals surface area contributed by atoms with E-state index in [9.17, 15) is 0 Å². The second-order valence-corrected chi connectivity index (χ2v) is 13.6. The molecule has 0 fully saturated rings. The molecule has 2 aliphatic heterocycles. The zero-order valence-corrected chi connectivity index (χ0v) is 21.8. The van der Waals surface area contributed by atoms with E-state index in [0.29, 0.717) is 0 Å². The molecule has 150 valence electrons. The maximum absolute atomic E-state index is 5.76. The van der Waals surface area contributed by atoms with Crippen LogP contribution in [0.15, 0.2) is 76.7 Å². The van der Waals surface area contributed by atoms with Crippen molar-refractivity contribution in [2.45, 2.75) is 39.4 Å². The molecule has 2 bridgehead atoms. The summed E-state index contributed by atoms with van der Waals surface area (Å²) >= 11 is 0. The third-order valence-corrected chi connectivity index (χ3v) is 10.7. The molecule has 0 spiro atoms. The van der Waals surface area contributed by atoms with E-state index in [1.165, 1.54) is 38.8 Å². The molecule has 30 heavy (non-hydrogen) atoms. The van der Waals surface area contributed by atoms with Crippen molar-refractivity contribution in [3.63, 3.8) is 0 Å². The van der Waals surface area contributed by atoms with Crippen LogP contribution in [0.25, 0.3) is 27.1 Å². The average molecular weight is 487 g/mol. The quantitative estimate of drug-likeness (QED) is 0.198. The number of rotatable bonds is 1. The molecule has 0 N–H and O–H groups in total. The Bertz CT molecular complexity index is 1260. The van der Waals surface area contributed by atoms with Crippen LogP contribution in [-0.2, 0) is 26.2 Å². The van der Waals surface area contributed by atoms with Gasteiger partial charge in [0.1, 0.15) is 11.5 Å². The molecule has 3 aliphatic rings. The summed E-state index contributed by atoms with van der Waals surface area (Å²) in [4.78, 5) is 0. The number of allylic oxidation sites excluding steroid dienone is 1. The van der Waals surface area contributed by atoms with Crippen molar-refractivity contribution in [2.75, 3.05) is 0 Å². The monoisotopic (exact) mass is 485 g/mol. The Morgan fingerprint density at radius 2 is 1.63 bits per heavy atom. The first-order valence-corrected chi connectivity index (χ1v) is 13.5. The molecule has 3 heterocycles. The molecule has 0 saturated heterocycles. The van der Waals surface area contributed by atoms with Gasteiger partial charge in [-0.2, -0.15) is 6.07 Å². The fraction of sp³-hybridized carbons (Fsp3) is 0.222. The minimum atomic E-state index is -1.10. The van der Waals surface area contributed by atoms with Crippen molar-refractivity contribution in [1.82, 2.24) is 0 Å². The minimum Gasteiger partial charge on any atom is -0.462 e. The number of hydrogen-bond acceptors (Lipinski definition) is 1. The Morgan fingerprint density at radius 3 is 2.30 bits per heavy atom. The van der Waals surface area contributed by atoms with E-state index in [0.717, 1.165) is 11.3 Å². The maximum atomic E-state index is 5.76. The largest absolute Gasteiger partial charge is 0.462 e. The topological polar surface area (TPSA) is 13.1 Å². The summed E-state index contributed by atoms with van der Waals surface area (Å²) in [5, 5.41) is 4.28. The van der Waals surface area contributed by atoms with E-state index >= 15 is 0 Å². The Balaban J connectivity index is 0.000000143. The number of hydrogen-bond donors (Lipinski definition) is 0. The predicted molar refractivity (Wildman–Crippen MR) is 126 cm³/mol. The van der Waals surface area contributed by atoms with Gasteiger partial charge in [-0.1, -0.05) is 67.6 Å². The first-order valence-electron chi connectivity index (χ1n) is 10.4. The Morgan fingerprint density at radius 1 is 0.900 bits per heavy atom. The Hall–Kier alpha value is -1.83. The van der Waals surface area contributed by atoms with E-state index in [-0.39, 0.29) is 26.2 Å². The van der Waals surface area contributed by atoms with Crippen molar-refractivity contribution in [1.29, 1.82) is 0 Å². The van der Waals surface area contributed by atoms with Crippen molar-refractivity contribution < 1.29 is 30.6 Å². The van der Waals surface area contributed by atoms with Crippen LogP contribution in [0.4, 0.5) is 0 Å². The summed E-state index contributed by atoms with van der Waals surface area (Å²) in [6.45, 7) is 11.4. The van der Waals surface area contributed by atoms with Gasteiger partial charge in [-0.25, -0.2) is 0 Å². The zero-order valence-electron chi connectivity index (χ0n) is 18.3. The van der Waals surface area contributed by atoms with Crippen LogP contribution in [0.1, 0.15) is 35.1 Å². The smallest absolute Gasteiger partial charge is 0.129 e. The standard InChI is InChI=1S/C16H13.C11H14OSi.Zr/c1-12-10-14-8-5-9-15(16(14)11-12)13-6-3-2-4-7-13;1-6-5-8-9(12-6)11-7(2)10(8)13(11,3)4;/h2-11H,1H3;5,10H,1-4H3;/q-1;;. The minimum absolute atomic E-state index is 0. The van der Waals surface area contributed by atoms with Gasteiger partial charge in [0.15, 0.2) is 0 Å². The number of aryl methyl sites for hydroxylation is 2. The van der Waals surface area contributed by atoms with Gasteiger partial charge in [-0.3, -0.25) is 0 Å². The van der Waals surface area contributed by atoms with Crippen LogP contribution in [0.5, 0.6) is 0 Å². The molecule has 7 rings (SSSR count). The van der Waals surface area contributed by atoms with Crippen LogP contribution < -0.4 is 0 Å². The maximum Gasteiger partial charge on any atom is 0.129 e. The second kappa shape index (κ2) is 7.70. The van der Waals surface area contributed by atoms with E-state index in [4.69, 9.17) is 4.42 Å². The van der Waals surface area contributed by atoms with E-state index < -0.39 is 8.07 Å². The third-order valence-electron chi connectivity index (χ3n) is 6.60. The predicted octanol–water partition coefficient (Wildman–Crippen LogP) is 7.79. The normalized spacial score (nSPS) is 17.7. The SMILES string of the molecule is CC1=C2c3oc(C)cc3C1[Si]2(C)C.Cc1cc2c(-c3ccccc3)cccc2[cH-]1.[Zr]. The molecule has 0 amide bonds. The van der Waals surface area contributed by atoms with Crippen molar-refractivity contribution >= 4 is 24.0 Å². The van der Waals surface area contributed by atoms with Gasteiger partial charge in [0.2, 0.25) is 0 Å². The first-order chi connectivity index (χ1) is 13.9. The van der Waals surface area contributed by atoms with E-state index in [1.807, 2.05) is 6.92 Å². The second-order valence-electron chi connectivity index (χ2n) is 9.06. The van der Waals surface area contributed by atoms with Crippen LogP contribution in [0.2, 0.25) is 13.1 Å².